The minimum atomic E-state index is 0.515. The molecule has 84 valence electrons. The van der Waals surface area contributed by atoms with Crippen molar-refractivity contribution in [2.24, 2.45) is 11.3 Å². The van der Waals surface area contributed by atoms with E-state index in [0.29, 0.717) is 5.41 Å². The Morgan fingerprint density at radius 2 is 2.07 bits per heavy atom. The molecule has 0 saturated heterocycles. The molecule has 2 aliphatic carbocycles. The fourth-order valence-electron chi connectivity index (χ4n) is 3.22. The van der Waals surface area contributed by atoms with Crippen molar-refractivity contribution in [3.63, 3.8) is 0 Å². The summed E-state index contributed by atoms with van der Waals surface area (Å²) in [5, 5.41) is 0. The monoisotopic (exact) mass is 204 g/mol. The largest absolute Gasteiger partial charge is 0.0839 e. The van der Waals surface area contributed by atoms with E-state index in [1.54, 1.807) is 16.7 Å². The topological polar surface area (TPSA) is 0 Å². The predicted molar refractivity (Wildman–Crippen MR) is 66.8 cm³/mol. The highest BCUT2D eigenvalue weighted by molar-refractivity contribution is 5.33. The van der Waals surface area contributed by atoms with E-state index in [0.717, 1.165) is 5.92 Å². The van der Waals surface area contributed by atoms with Crippen LogP contribution in [-0.2, 0) is 0 Å². The van der Waals surface area contributed by atoms with Gasteiger partial charge in [-0.15, -0.1) is 0 Å². The summed E-state index contributed by atoms with van der Waals surface area (Å²) in [6, 6.07) is 0. The lowest BCUT2D eigenvalue weighted by Crippen LogP contribution is -2.27. The molecule has 0 nitrogen and oxygen atoms in total. The van der Waals surface area contributed by atoms with Crippen LogP contribution in [0.25, 0.3) is 0 Å². The van der Waals surface area contributed by atoms with Crippen molar-refractivity contribution in [3.05, 3.63) is 22.8 Å². The van der Waals surface area contributed by atoms with Gasteiger partial charge >= 0.3 is 0 Å². The van der Waals surface area contributed by atoms with Crippen LogP contribution in [0.15, 0.2) is 22.8 Å². The van der Waals surface area contributed by atoms with Gasteiger partial charge < -0.3 is 0 Å². The Hall–Kier alpha value is -0.520. The molecule has 0 unspecified atom stereocenters. The Morgan fingerprint density at radius 1 is 1.33 bits per heavy atom. The predicted octanol–water partition coefficient (Wildman–Crippen LogP) is 4.87. The summed E-state index contributed by atoms with van der Waals surface area (Å²) in [5.74, 6) is 0.733. The first kappa shape index (κ1) is 11.0. The van der Waals surface area contributed by atoms with Crippen LogP contribution in [0, 0.1) is 11.3 Å². The van der Waals surface area contributed by atoms with Crippen LogP contribution in [0.3, 0.4) is 0 Å². The van der Waals surface area contributed by atoms with E-state index in [-0.39, 0.29) is 0 Å². The molecule has 15 heavy (non-hydrogen) atoms. The van der Waals surface area contributed by atoms with Crippen molar-refractivity contribution in [2.75, 3.05) is 0 Å². The standard InChI is InChI=1S/C15H24/c1-11(2)13-7-9-15(4)8-5-6-12(3)14(15)10-13/h7,11H,5-6,8-10H2,1-4H3/t15-/m1/s1. The van der Waals surface area contributed by atoms with E-state index >= 15 is 0 Å². The number of rotatable bonds is 1. The Kier molecular flexibility index (Phi) is 2.79. The molecule has 0 heterocycles. The highest BCUT2D eigenvalue weighted by Crippen LogP contribution is 2.49. The SMILES string of the molecule is CC1=C2CC(C(C)C)=CC[C@@]2(C)CCC1. The van der Waals surface area contributed by atoms with E-state index in [1.165, 1.54) is 32.1 Å². The minimum absolute atomic E-state index is 0.515. The maximum atomic E-state index is 2.52. The second kappa shape index (κ2) is 3.81. The van der Waals surface area contributed by atoms with Crippen LogP contribution in [-0.4, -0.2) is 0 Å². The first-order valence-corrected chi connectivity index (χ1v) is 6.41. The van der Waals surface area contributed by atoms with Gasteiger partial charge in [-0.2, -0.15) is 0 Å². The molecule has 0 spiro atoms. The molecule has 0 fully saturated rings. The molecule has 0 radical (unpaired) electrons. The van der Waals surface area contributed by atoms with Crippen molar-refractivity contribution in [1.29, 1.82) is 0 Å². The number of fused-ring (bicyclic) bond motifs is 1. The Bertz CT molecular complexity index is 317. The molecule has 2 aliphatic rings. The van der Waals surface area contributed by atoms with E-state index in [1.807, 2.05) is 0 Å². The lowest BCUT2D eigenvalue weighted by molar-refractivity contribution is 0.313. The summed E-state index contributed by atoms with van der Waals surface area (Å²) >= 11 is 0. The van der Waals surface area contributed by atoms with Crippen molar-refractivity contribution in [1.82, 2.24) is 0 Å². The first-order chi connectivity index (χ1) is 7.03. The molecule has 0 aromatic rings. The van der Waals surface area contributed by atoms with Gasteiger partial charge in [0, 0.05) is 0 Å². The van der Waals surface area contributed by atoms with Crippen molar-refractivity contribution < 1.29 is 0 Å². The summed E-state index contributed by atoms with van der Waals surface area (Å²) in [6.45, 7) is 9.48. The molecule has 0 aromatic carbocycles. The smallest absolute Gasteiger partial charge is 0.00759 e. The fraction of sp³-hybridized carbons (Fsp3) is 0.733. The quantitative estimate of drug-likeness (QED) is 0.535. The van der Waals surface area contributed by atoms with Crippen molar-refractivity contribution >= 4 is 0 Å². The highest BCUT2D eigenvalue weighted by atomic mass is 14.4. The maximum Gasteiger partial charge on any atom is -0.00759 e. The van der Waals surface area contributed by atoms with Crippen LogP contribution in [0.1, 0.15) is 59.8 Å². The van der Waals surface area contributed by atoms with E-state index < -0.39 is 0 Å². The molecular weight excluding hydrogens is 180 g/mol. The molecule has 1 atom stereocenters. The second-order valence-corrected chi connectivity index (χ2v) is 5.99. The van der Waals surface area contributed by atoms with Crippen molar-refractivity contribution in [3.8, 4) is 0 Å². The second-order valence-electron chi connectivity index (χ2n) is 5.99. The van der Waals surface area contributed by atoms with Crippen LogP contribution in [0.2, 0.25) is 0 Å². The van der Waals surface area contributed by atoms with Gasteiger partial charge in [-0.1, -0.05) is 43.6 Å². The highest BCUT2D eigenvalue weighted by Gasteiger charge is 2.35. The lowest BCUT2D eigenvalue weighted by Gasteiger charge is -2.41. The van der Waals surface area contributed by atoms with Gasteiger partial charge in [0.05, 0.1) is 0 Å². The van der Waals surface area contributed by atoms with Crippen LogP contribution in [0.4, 0.5) is 0 Å². The fourth-order valence-corrected chi connectivity index (χ4v) is 3.22. The first-order valence-electron chi connectivity index (χ1n) is 6.41. The number of hydrogen-bond donors (Lipinski definition) is 0. The van der Waals surface area contributed by atoms with E-state index in [4.69, 9.17) is 0 Å². The van der Waals surface area contributed by atoms with Gasteiger partial charge in [-0.05, 0) is 50.4 Å². The molecule has 0 bridgehead atoms. The van der Waals surface area contributed by atoms with Crippen LogP contribution >= 0.6 is 0 Å². The van der Waals surface area contributed by atoms with Gasteiger partial charge in [0.1, 0.15) is 0 Å². The number of allylic oxidation sites excluding steroid dienone is 4. The third kappa shape index (κ3) is 1.91. The number of hydrogen-bond acceptors (Lipinski definition) is 0. The lowest BCUT2D eigenvalue weighted by atomic mass is 9.64. The van der Waals surface area contributed by atoms with E-state index in [9.17, 15) is 0 Å². The van der Waals surface area contributed by atoms with Gasteiger partial charge in [0.2, 0.25) is 0 Å². The molecular formula is C15H24. The summed E-state index contributed by atoms with van der Waals surface area (Å²) in [5.41, 5.74) is 5.65. The van der Waals surface area contributed by atoms with E-state index in [2.05, 4.69) is 33.8 Å². The van der Waals surface area contributed by atoms with Crippen molar-refractivity contribution in [2.45, 2.75) is 59.8 Å². The minimum Gasteiger partial charge on any atom is -0.0839 e. The third-order valence-corrected chi connectivity index (χ3v) is 4.46. The molecule has 2 rings (SSSR count). The van der Waals surface area contributed by atoms with Gasteiger partial charge in [-0.25, -0.2) is 0 Å². The Balaban J connectivity index is 2.33. The van der Waals surface area contributed by atoms with Gasteiger partial charge in [0.15, 0.2) is 0 Å². The molecule has 0 amide bonds. The molecule has 0 aliphatic heterocycles. The zero-order chi connectivity index (χ0) is 11.1. The summed E-state index contributed by atoms with van der Waals surface area (Å²) in [4.78, 5) is 0. The normalized spacial score (nSPS) is 31.7. The Labute approximate surface area is 94.5 Å². The molecule has 0 heteroatoms. The third-order valence-electron chi connectivity index (χ3n) is 4.46. The average Bonchev–Trinajstić information content (AvgIpc) is 2.17. The van der Waals surface area contributed by atoms with Gasteiger partial charge in [-0.3, -0.25) is 0 Å². The summed E-state index contributed by atoms with van der Waals surface area (Å²) in [6.07, 6.45) is 9.22. The summed E-state index contributed by atoms with van der Waals surface area (Å²) in [7, 11) is 0. The molecule has 0 N–H and O–H groups in total. The summed E-state index contributed by atoms with van der Waals surface area (Å²) < 4.78 is 0. The van der Waals surface area contributed by atoms with Gasteiger partial charge in [0.25, 0.3) is 0 Å². The maximum absolute atomic E-state index is 2.52. The molecule has 0 aromatic heterocycles. The average molecular weight is 204 g/mol. The zero-order valence-electron chi connectivity index (χ0n) is 10.7. The van der Waals surface area contributed by atoms with Crippen LogP contribution in [0.5, 0.6) is 0 Å². The van der Waals surface area contributed by atoms with Crippen LogP contribution < -0.4 is 0 Å². The Morgan fingerprint density at radius 3 is 2.73 bits per heavy atom. The zero-order valence-corrected chi connectivity index (χ0v) is 10.7. The molecule has 0 saturated carbocycles.